The molecule has 0 unspecified atom stereocenters. The molecule has 0 aromatic heterocycles. The first kappa shape index (κ1) is 30.1. The van der Waals surface area contributed by atoms with Gasteiger partial charge in [-0.1, -0.05) is 38.6 Å². The molecule has 2 aliphatic carbocycles. The third-order valence-corrected chi connectivity index (χ3v) is 9.99. The van der Waals surface area contributed by atoms with E-state index in [1.54, 1.807) is 0 Å². The van der Waals surface area contributed by atoms with E-state index in [4.69, 9.17) is 18.9 Å². The van der Waals surface area contributed by atoms with Crippen LogP contribution in [0.3, 0.4) is 0 Å². The minimum absolute atomic E-state index is 0.0311. The molecule has 0 spiro atoms. The van der Waals surface area contributed by atoms with Crippen molar-refractivity contribution in [2.24, 2.45) is 17.8 Å². The highest BCUT2D eigenvalue weighted by Gasteiger charge is 2.61. The Kier molecular flexibility index (Phi) is 8.12. The highest BCUT2D eigenvalue weighted by Crippen LogP contribution is 2.58. The van der Waals surface area contributed by atoms with Crippen molar-refractivity contribution in [3.63, 3.8) is 0 Å². The molecular formula is C34H42O8. The lowest BCUT2D eigenvalue weighted by atomic mass is 9.73. The molecule has 0 saturated carbocycles. The van der Waals surface area contributed by atoms with Crippen LogP contribution in [0.15, 0.2) is 41.5 Å². The number of fused-ring (bicyclic) bond motifs is 3. The number of esters is 4. The third kappa shape index (κ3) is 5.29. The second-order valence-electron chi connectivity index (χ2n) is 12.8. The Balaban J connectivity index is 1.44. The summed E-state index contributed by atoms with van der Waals surface area (Å²) >= 11 is 0. The minimum atomic E-state index is -0.963. The molecule has 5 rings (SSSR count). The molecule has 4 aliphatic rings. The zero-order valence-corrected chi connectivity index (χ0v) is 25.5. The largest absolute Gasteiger partial charge is 0.466 e. The lowest BCUT2D eigenvalue weighted by Gasteiger charge is -2.43. The number of hydrogen-bond donors (Lipinski definition) is 0. The first-order chi connectivity index (χ1) is 19.8. The average Bonchev–Trinajstić information content (AvgIpc) is 3.22. The van der Waals surface area contributed by atoms with Crippen molar-refractivity contribution in [1.29, 1.82) is 0 Å². The van der Waals surface area contributed by atoms with Crippen LogP contribution < -0.4 is 0 Å². The van der Waals surface area contributed by atoms with E-state index in [1.807, 2.05) is 19.1 Å². The molecule has 1 aromatic rings. The van der Waals surface area contributed by atoms with Crippen molar-refractivity contribution >= 4 is 23.9 Å². The van der Waals surface area contributed by atoms with Gasteiger partial charge in [-0.3, -0.25) is 14.4 Å². The summed E-state index contributed by atoms with van der Waals surface area (Å²) in [6.07, 6.45) is 2.33. The number of benzene rings is 1. The molecule has 226 valence electrons. The normalized spacial score (nSPS) is 32.7. The molecule has 2 aliphatic heterocycles. The Morgan fingerprint density at radius 3 is 2.60 bits per heavy atom. The second-order valence-corrected chi connectivity index (χ2v) is 12.8. The highest BCUT2D eigenvalue weighted by atomic mass is 16.6. The van der Waals surface area contributed by atoms with E-state index < -0.39 is 17.6 Å². The summed E-state index contributed by atoms with van der Waals surface area (Å²) in [4.78, 5) is 49.7. The number of aryl methyl sites for hydroxylation is 1. The van der Waals surface area contributed by atoms with Crippen molar-refractivity contribution in [2.45, 2.75) is 103 Å². The second kappa shape index (κ2) is 11.3. The van der Waals surface area contributed by atoms with E-state index in [2.05, 4.69) is 33.4 Å². The average molecular weight is 579 g/mol. The summed E-state index contributed by atoms with van der Waals surface area (Å²) in [6, 6.07) is 6.14. The van der Waals surface area contributed by atoms with E-state index in [0.29, 0.717) is 31.4 Å². The van der Waals surface area contributed by atoms with E-state index >= 15 is 0 Å². The molecule has 0 bridgehead atoms. The first-order valence-corrected chi connectivity index (χ1v) is 15.1. The number of carbonyl (C=O) groups is 4. The maximum atomic E-state index is 13.8. The van der Waals surface area contributed by atoms with Crippen LogP contribution in [0.1, 0.15) is 95.2 Å². The van der Waals surface area contributed by atoms with Gasteiger partial charge in [0.25, 0.3) is 0 Å². The monoisotopic (exact) mass is 578 g/mol. The molecule has 2 heterocycles. The molecule has 1 aromatic carbocycles. The van der Waals surface area contributed by atoms with Crippen molar-refractivity contribution in [3.8, 4) is 0 Å². The third-order valence-electron chi connectivity index (χ3n) is 9.99. The van der Waals surface area contributed by atoms with Gasteiger partial charge in [-0.25, -0.2) is 4.79 Å². The van der Waals surface area contributed by atoms with Crippen LogP contribution >= 0.6 is 0 Å². The molecule has 0 radical (unpaired) electrons. The molecule has 8 nitrogen and oxygen atoms in total. The van der Waals surface area contributed by atoms with Crippen molar-refractivity contribution < 1.29 is 38.1 Å². The van der Waals surface area contributed by atoms with E-state index in [9.17, 15) is 19.2 Å². The molecular weight excluding hydrogens is 536 g/mol. The number of ether oxygens (including phenoxy) is 4. The Morgan fingerprint density at radius 2 is 1.90 bits per heavy atom. The van der Waals surface area contributed by atoms with Gasteiger partial charge in [-0.05, 0) is 85.6 Å². The van der Waals surface area contributed by atoms with E-state index in [-0.39, 0.29) is 53.7 Å². The molecule has 8 heteroatoms. The summed E-state index contributed by atoms with van der Waals surface area (Å²) in [5, 5.41) is 0. The maximum Gasteiger partial charge on any atom is 0.334 e. The standard InChI is InChI=1S/C34H42O8/c1-17(9-8-12-39-21(5)35)24-14-23(11-10-18(24)2)26-16-28-31(40-22(6)36)30-19(3)13-29-25(20(4)32(37)41-29)15-27(30)34(28,7)42-33(26)38/h10-11,14,17,19,25-26,28-29,31H,4,8-9,12-13,15-16H2,1-3,5-7H3/t17-,19+,25-,26-,28+,29+,31-,34-/m1/s1. The van der Waals surface area contributed by atoms with Gasteiger partial charge >= 0.3 is 23.9 Å². The van der Waals surface area contributed by atoms with Crippen LogP contribution in [0.5, 0.6) is 0 Å². The van der Waals surface area contributed by atoms with Crippen LogP contribution in [-0.2, 0) is 38.1 Å². The van der Waals surface area contributed by atoms with Gasteiger partial charge < -0.3 is 18.9 Å². The molecule has 42 heavy (non-hydrogen) atoms. The minimum Gasteiger partial charge on any atom is -0.466 e. The smallest absolute Gasteiger partial charge is 0.334 e. The fourth-order valence-corrected chi connectivity index (χ4v) is 7.80. The van der Waals surface area contributed by atoms with Crippen molar-refractivity contribution in [3.05, 3.63) is 58.2 Å². The maximum absolute atomic E-state index is 13.8. The summed E-state index contributed by atoms with van der Waals surface area (Å²) < 4.78 is 23.2. The van der Waals surface area contributed by atoms with Gasteiger partial charge in [0, 0.05) is 31.3 Å². The molecule has 2 fully saturated rings. The summed E-state index contributed by atoms with van der Waals surface area (Å²) in [6.45, 7) is 15.4. The van der Waals surface area contributed by atoms with Crippen molar-refractivity contribution in [1.82, 2.24) is 0 Å². The fourth-order valence-electron chi connectivity index (χ4n) is 7.80. The number of carbonyl (C=O) groups excluding carboxylic acids is 4. The molecule has 0 amide bonds. The van der Waals surface area contributed by atoms with Crippen LogP contribution in [0, 0.1) is 24.7 Å². The van der Waals surface area contributed by atoms with Gasteiger partial charge in [0.1, 0.15) is 17.8 Å². The van der Waals surface area contributed by atoms with Gasteiger partial charge in [-0.2, -0.15) is 0 Å². The van der Waals surface area contributed by atoms with E-state index in [0.717, 1.165) is 40.7 Å². The van der Waals surface area contributed by atoms with Gasteiger partial charge in [0.05, 0.1) is 12.5 Å². The summed E-state index contributed by atoms with van der Waals surface area (Å²) in [5.74, 6) is -2.10. The number of hydrogen-bond acceptors (Lipinski definition) is 8. The lowest BCUT2D eigenvalue weighted by molar-refractivity contribution is -0.177. The van der Waals surface area contributed by atoms with Gasteiger partial charge in [0.2, 0.25) is 0 Å². The SMILES string of the molecule is C=C1C(=O)O[C@H]2C[C@H](C)C3=C(C[C@H]12)[C@@]1(C)OC(=O)[C@@H](c2ccc(C)c([C@H](C)CCCOC(C)=O)c2)C[C@H]1[C@H]3OC(C)=O. The fraction of sp³-hybridized carbons (Fsp3) is 0.588. The predicted molar refractivity (Wildman–Crippen MR) is 154 cm³/mol. The molecule has 2 saturated heterocycles. The van der Waals surface area contributed by atoms with Gasteiger partial charge in [0.15, 0.2) is 0 Å². The predicted octanol–water partition coefficient (Wildman–Crippen LogP) is 5.62. The van der Waals surface area contributed by atoms with Crippen molar-refractivity contribution in [2.75, 3.05) is 6.61 Å². The van der Waals surface area contributed by atoms with Crippen LogP contribution in [0.25, 0.3) is 0 Å². The zero-order chi connectivity index (χ0) is 30.5. The van der Waals surface area contributed by atoms with Crippen LogP contribution in [0.4, 0.5) is 0 Å². The Hall–Kier alpha value is -3.42. The quantitative estimate of drug-likeness (QED) is 0.135. The first-order valence-electron chi connectivity index (χ1n) is 15.1. The zero-order valence-electron chi connectivity index (χ0n) is 25.5. The molecule has 0 N–H and O–H groups in total. The van der Waals surface area contributed by atoms with E-state index in [1.165, 1.54) is 13.8 Å². The lowest BCUT2D eigenvalue weighted by Crippen LogP contribution is -2.49. The Labute approximate surface area is 247 Å². The number of rotatable bonds is 7. The summed E-state index contributed by atoms with van der Waals surface area (Å²) in [5.41, 5.74) is 4.59. The van der Waals surface area contributed by atoms with Gasteiger partial charge in [-0.15, -0.1) is 0 Å². The molecule has 8 atom stereocenters. The topological polar surface area (TPSA) is 105 Å². The Morgan fingerprint density at radius 1 is 1.17 bits per heavy atom. The van der Waals surface area contributed by atoms with Crippen LogP contribution in [-0.4, -0.2) is 48.3 Å². The Bertz CT molecular complexity index is 1360. The van der Waals surface area contributed by atoms with Crippen LogP contribution in [0.2, 0.25) is 0 Å². The highest BCUT2D eigenvalue weighted by molar-refractivity contribution is 5.91. The summed E-state index contributed by atoms with van der Waals surface area (Å²) in [7, 11) is 0.